The number of hydrogen-bond acceptors (Lipinski definition) is 6. The van der Waals surface area contributed by atoms with E-state index < -0.39 is 0 Å². The van der Waals surface area contributed by atoms with E-state index in [1.807, 2.05) is 56.5 Å². The summed E-state index contributed by atoms with van der Waals surface area (Å²) >= 11 is 1.53. The SMILES string of the molecule is Cc1cccc(C)c1N[C@@H](C)C(=O)NCc1noc(-c2cccs2)n1. The molecule has 3 aromatic rings. The molecular weight excluding hydrogens is 336 g/mol. The van der Waals surface area contributed by atoms with Crippen LogP contribution in [0.5, 0.6) is 0 Å². The fourth-order valence-electron chi connectivity index (χ4n) is 2.47. The standard InChI is InChI=1S/C18H20N4O2S/c1-11-6-4-7-12(2)16(11)20-13(3)17(23)19-10-15-21-18(24-22-15)14-8-5-9-25-14/h4-9,13,20H,10H2,1-3H3,(H,19,23)/t13-/m0/s1. The smallest absolute Gasteiger partial charge is 0.268 e. The number of nitrogens with one attached hydrogen (secondary N) is 2. The number of benzene rings is 1. The van der Waals surface area contributed by atoms with E-state index in [1.165, 1.54) is 11.3 Å². The molecule has 2 heterocycles. The van der Waals surface area contributed by atoms with Gasteiger partial charge in [-0.2, -0.15) is 4.98 Å². The highest BCUT2D eigenvalue weighted by molar-refractivity contribution is 7.13. The van der Waals surface area contributed by atoms with E-state index in [0.717, 1.165) is 21.7 Å². The number of para-hydroxylation sites is 1. The molecule has 0 radical (unpaired) electrons. The van der Waals surface area contributed by atoms with Crippen LogP contribution in [0, 0.1) is 13.8 Å². The van der Waals surface area contributed by atoms with Crippen molar-refractivity contribution in [1.82, 2.24) is 15.5 Å². The van der Waals surface area contributed by atoms with Crippen molar-refractivity contribution in [2.24, 2.45) is 0 Å². The molecule has 6 nitrogen and oxygen atoms in total. The van der Waals surface area contributed by atoms with Crippen LogP contribution >= 0.6 is 11.3 Å². The zero-order valence-electron chi connectivity index (χ0n) is 14.4. The van der Waals surface area contributed by atoms with Gasteiger partial charge < -0.3 is 15.2 Å². The quantitative estimate of drug-likeness (QED) is 0.706. The molecule has 3 rings (SSSR count). The van der Waals surface area contributed by atoms with Gasteiger partial charge in [0.15, 0.2) is 5.82 Å². The lowest BCUT2D eigenvalue weighted by Crippen LogP contribution is -2.37. The molecule has 130 valence electrons. The van der Waals surface area contributed by atoms with Gasteiger partial charge in [0.1, 0.15) is 6.04 Å². The van der Waals surface area contributed by atoms with Gasteiger partial charge >= 0.3 is 0 Å². The molecule has 1 aromatic carbocycles. The molecule has 0 spiro atoms. The number of thiophene rings is 1. The van der Waals surface area contributed by atoms with E-state index in [0.29, 0.717) is 11.7 Å². The van der Waals surface area contributed by atoms with Crippen LogP contribution in [0.4, 0.5) is 5.69 Å². The minimum absolute atomic E-state index is 0.120. The Morgan fingerprint density at radius 2 is 2.00 bits per heavy atom. The Balaban J connectivity index is 1.57. The Labute approximate surface area is 150 Å². The van der Waals surface area contributed by atoms with Gasteiger partial charge in [0.2, 0.25) is 5.91 Å². The summed E-state index contributed by atoms with van der Waals surface area (Å²) in [7, 11) is 0. The first-order valence-corrected chi connectivity index (χ1v) is 8.89. The van der Waals surface area contributed by atoms with Crippen LogP contribution in [-0.4, -0.2) is 22.1 Å². The average molecular weight is 356 g/mol. The van der Waals surface area contributed by atoms with Crippen LogP contribution in [0.25, 0.3) is 10.8 Å². The van der Waals surface area contributed by atoms with Crippen LogP contribution in [0.3, 0.4) is 0 Å². The van der Waals surface area contributed by atoms with Gasteiger partial charge in [-0.05, 0) is 43.3 Å². The summed E-state index contributed by atoms with van der Waals surface area (Å²) in [5.41, 5.74) is 3.21. The molecule has 0 unspecified atom stereocenters. The predicted molar refractivity (Wildman–Crippen MR) is 98.5 cm³/mol. The number of aryl methyl sites for hydroxylation is 2. The first-order chi connectivity index (χ1) is 12.0. The first-order valence-electron chi connectivity index (χ1n) is 8.01. The molecule has 0 saturated heterocycles. The van der Waals surface area contributed by atoms with Crippen molar-refractivity contribution in [3.05, 3.63) is 52.7 Å². The molecular formula is C18H20N4O2S. The molecule has 0 aliphatic heterocycles. The number of amides is 1. The lowest BCUT2D eigenvalue weighted by atomic mass is 10.1. The number of carbonyl (C=O) groups excluding carboxylic acids is 1. The van der Waals surface area contributed by atoms with Gasteiger partial charge in [-0.1, -0.05) is 29.4 Å². The Hall–Kier alpha value is -2.67. The molecule has 2 aromatic heterocycles. The molecule has 1 amide bonds. The van der Waals surface area contributed by atoms with E-state index in [2.05, 4.69) is 20.8 Å². The summed E-state index contributed by atoms with van der Waals surface area (Å²) in [5, 5.41) is 11.9. The molecule has 1 atom stereocenters. The fraction of sp³-hybridized carbons (Fsp3) is 0.278. The molecule has 0 aliphatic carbocycles. The van der Waals surface area contributed by atoms with Crippen molar-refractivity contribution >= 4 is 22.9 Å². The fourth-order valence-corrected chi connectivity index (χ4v) is 3.11. The van der Waals surface area contributed by atoms with Crippen molar-refractivity contribution in [2.45, 2.75) is 33.4 Å². The van der Waals surface area contributed by atoms with Crippen molar-refractivity contribution in [3.63, 3.8) is 0 Å². The highest BCUT2D eigenvalue weighted by Gasteiger charge is 2.16. The minimum atomic E-state index is -0.372. The number of aromatic nitrogens is 2. The second kappa shape index (κ2) is 7.48. The molecule has 0 saturated carbocycles. The summed E-state index contributed by atoms with van der Waals surface area (Å²) < 4.78 is 5.21. The average Bonchev–Trinajstić information content (AvgIpc) is 3.26. The van der Waals surface area contributed by atoms with Gasteiger partial charge in [0, 0.05) is 5.69 Å². The van der Waals surface area contributed by atoms with Crippen molar-refractivity contribution in [3.8, 4) is 10.8 Å². The van der Waals surface area contributed by atoms with Crippen LogP contribution in [0.1, 0.15) is 23.9 Å². The Morgan fingerprint density at radius 3 is 2.68 bits per heavy atom. The van der Waals surface area contributed by atoms with Crippen LogP contribution < -0.4 is 10.6 Å². The zero-order chi connectivity index (χ0) is 17.8. The van der Waals surface area contributed by atoms with Crippen LogP contribution in [0.15, 0.2) is 40.2 Å². The lowest BCUT2D eigenvalue weighted by Gasteiger charge is -2.18. The first kappa shape index (κ1) is 17.2. The van der Waals surface area contributed by atoms with Gasteiger partial charge in [0.05, 0.1) is 11.4 Å². The van der Waals surface area contributed by atoms with E-state index in [1.54, 1.807) is 0 Å². The maximum atomic E-state index is 12.3. The molecule has 2 N–H and O–H groups in total. The number of anilines is 1. The highest BCUT2D eigenvalue weighted by atomic mass is 32.1. The van der Waals surface area contributed by atoms with Crippen molar-refractivity contribution < 1.29 is 9.32 Å². The summed E-state index contributed by atoms with van der Waals surface area (Å²) in [6.07, 6.45) is 0. The van der Waals surface area contributed by atoms with Crippen molar-refractivity contribution in [1.29, 1.82) is 0 Å². The van der Waals surface area contributed by atoms with E-state index in [4.69, 9.17) is 4.52 Å². The van der Waals surface area contributed by atoms with Gasteiger partial charge in [-0.3, -0.25) is 4.79 Å². The Bertz CT molecular complexity index is 838. The molecule has 0 fully saturated rings. The lowest BCUT2D eigenvalue weighted by molar-refractivity contribution is -0.121. The number of rotatable bonds is 6. The van der Waals surface area contributed by atoms with E-state index >= 15 is 0 Å². The third-order valence-corrected chi connectivity index (χ3v) is 4.71. The van der Waals surface area contributed by atoms with E-state index in [-0.39, 0.29) is 18.5 Å². The van der Waals surface area contributed by atoms with Gasteiger partial charge in [-0.25, -0.2) is 0 Å². The minimum Gasteiger partial charge on any atom is -0.373 e. The Morgan fingerprint density at radius 1 is 1.24 bits per heavy atom. The summed E-state index contributed by atoms with van der Waals surface area (Å²) in [6.45, 7) is 6.09. The van der Waals surface area contributed by atoms with Crippen LogP contribution in [-0.2, 0) is 11.3 Å². The summed E-state index contributed by atoms with van der Waals surface area (Å²) in [5.74, 6) is 0.808. The number of nitrogens with zero attached hydrogens (tertiary/aromatic N) is 2. The third-order valence-electron chi connectivity index (χ3n) is 3.86. The molecule has 7 heteroatoms. The summed E-state index contributed by atoms with van der Waals surface area (Å²) in [6, 6.07) is 9.51. The predicted octanol–water partition coefficient (Wildman–Crippen LogP) is 3.53. The molecule has 0 bridgehead atoms. The second-order valence-corrected chi connectivity index (χ2v) is 6.79. The molecule has 0 aliphatic rings. The van der Waals surface area contributed by atoms with Crippen molar-refractivity contribution in [2.75, 3.05) is 5.32 Å². The maximum Gasteiger partial charge on any atom is 0.268 e. The third kappa shape index (κ3) is 4.06. The topological polar surface area (TPSA) is 80.0 Å². The molecule has 25 heavy (non-hydrogen) atoms. The number of carbonyl (C=O) groups is 1. The maximum absolute atomic E-state index is 12.3. The van der Waals surface area contributed by atoms with Gasteiger partial charge in [0.25, 0.3) is 5.89 Å². The second-order valence-electron chi connectivity index (χ2n) is 5.84. The summed E-state index contributed by atoms with van der Waals surface area (Å²) in [4.78, 5) is 17.5. The van der Waals surface area contributed by atoms with Gasteiger partial charge in [-0.15, -0.1) is 11.3 Å². The number of hydrogen-bond donors (Lipinski definition) is 2. The van der Waals surface area contributed by atoms with Crippen LogP contribution in [0.2, 0.25) is 0 Å². The Kier molecular flexibility index (Phi) is 5.14. The zero-order valence-corrected chi connectivity index (χ0v) is 15.2. The monoisotopic (exact) mass is 356 g/mol. The highest BCUT2D eigenvalue weighted by Crippen LogP contribution is 2.22. The van der Waals surface area contributed by atoms with E-state index in [9.17, 15) is 4.79 Å². The largest absolute Gasteiger partial charge is 0.373 e. The normalized spacial score (nSPS) is 12.0.